The molecule has 0 saturated carbocycles. The predicted octanol–water partition coefficient (Wildman–Crippen LogP) is 5.30. The first-order valence-corrected chi connectivity index (χ1v) is 8.79. The van der Waals surface area contributed by atoms with Crippen molar-refractivity contribution in [1.82, 2.24) is 4.37 Å². The first-order valence-electron chi connectivity index (χ1n) is 7.26. The molecule has 0 aliphatic heterocycles. The van der Waals surface area contributed by atoms with Gasteiger partial charge in [0.05, 0.1) is 20.3 Å². The molecule has 2 N–H and O–H groups in total. The molecule has 6 nitrogen and oxygen atoms in total. The van der Waals surface area contributed by atoms with Crippen LogP contribution < -0.4 is 5.32 Å². The van der Waals surface area contributed by atoms with Crippen molar-refractivity contribution in [2.75, 3.05) is 5.32 Å². The van der Waals surface area contributed by atoms with Crippen LogP contribution in [0.25, 0.3) is 21.1 Å². The molecule has 26 heavy (non-hydrogen) atoms. The zero-order valence-electron chi connectivity index (χ0n) is 12.7. The second-order valence-electron chi connectivity index (χ2n) is 5.36. The summed E-state index contributed by atoms with van der Waals surface area (Å²) in [7, 11) is 0. The molecule has 0 bridgehead atoms. The molecular weight excluding hydrogens is 399 g/mol. The number of carboxylic acid groups (broad SMARTS) is 1. The standard InChI is InChI=1S/C17H8Cl2N2O4S/c18-9-6-8-14(13(19)12(9)17(23)24)26-21-15(8)20-16(22)11-5-7-3-1-2-4-10(7)25-11/h1-6H,(H,23,24)(H,20,21,22). The minimum Gasteiger partial charge on any atom is -0.478 e. The third kappa shape index (κ3) is 2.70. The van der Waals surface area contributed by atoms with Gasteiger partial charge in [0.15, 0.2) is 11.6 Å². The Kier molecular flexibility index (Phi) is 4.07. The molecule has 0 atom stereocenters. The van der Waals surface area contributed by atoms with E-state index in [2.05, 4.69) is 9.69 Å². The topological polar surface area (TPSA) is 92.4 Å². The molecule has 0 fully saturated rings. The van der Waals surface area contributed by atoms with Gasteiger partial charge in [-0.1, -0.05) is 41.4 Å². The highest BCUT2D eigenvalue weighted by atomic mass is 35.5. The number of carboxylic acids is 1. The van der Waals surface area contributed by atoms with E-state index < -0.39 is 11.9 Å². The predicted molar refractivity (Wildman–Crippen MR) is 101 cm³/mol. The van der Waals surface area contributed by atoms with Crippen LogP contribution >= 0.6 is 34.7 Å². The van der Waals surface area contributed by atoms with Gasteiger partial charge in [-0.05, 0) is 29.7 Å². The van der Waals surface area contributed by atoms with E-state index in [0.29, 0.717) is 15.7 Å². The minimum absolute atomic E-state index is 0.0123. The molecule has 0 aliphatic carbocycles. The zero-order chi connectivity index (χ0) is 18.4. The number of halogens is 2. The zero-order valence-corrected chi connectivity index (χ0v) is 15.1. The van der Waals surface area contributed by atoms with Gasteiger partial charge >= 0.3 is 5.97 Å². The van der Waals surface area contributed by atoms with Crippen molar-refractivity contribution >= 4 is 73.5 Å². The first-order chi connectivity index (χ1) is 12.5. The molecule has 1 amide bonds. The number of carbonyl (C=O) groups excluding carboxylic acids is 1. The quantitative estimate of drug-likeness (QED) is 0.481. The number of benzene rings is 2. The van der Waals surface area contributed by atoms with Crippen LogP contribution in [0.2, 0.25) is 10.0 Å². The third-order valence-electron chi connectivity index (χ3n) is 3.75. The lowest BCUT2D eigenvalue weighted by atomic mass is 10.1. The largest absolute Gasteiger partial charge is 0.478 e. The van der Waals surface area contributed by atoms with Gasteiger partial charge in [0.1, 0.15) is 5.58 Å². The van der Waals surface area contributed by atoms with Crippen LogP contribution in [-0.4, -0.2) is 21.4 Å². The number of anilines is 1. The van der Waals surface area contributed by atoms with Crippen molar-refractivity contribution in [3.8, 4) is 0 Å². The summed E-state index contributed by atoms with van der Waals surface area (Å²) in [6.07, 6.45) is 0. The molecule has 0 spiro atoms. The number of hydrogen-bond acceptors (Lipinski definition) is 5. The number of nitrogens with one attached hydrogen (secondary N) is 1. The lowest BCUT2D eigenvalue weighted by Gasteiger charge is -2.04. The smallest absolute Gasteiger partial charge is 0.338 e. The summed E-state index contributed by atoms with van der Waals surface area (Å²) >= 11 is 13.1. The van der Waals surface area contributed by atoms with Gasteiger partial charge in [-0.2, -0.15) is 4.37 Å². The highest BCUT2D eigenvalue weighted by Crippen LogP contribution is 2.39. The Morgan fingerprint density at radius 3 is 2.69 bits per heavy atom. The summed E-state index contributed by atoms with van der Waals surface area (Å²) in [5.74, 6) is -1.35. The van der Waals surface area contributed by atoms with E-state index in [9.17, 15) is 14.7 Å². The maximum Gasteiger partial charge on any atom is 0.338 e. The molecule has 130 valence electrons. The highest BCUT2D eigenvalue weighted by molar-refractivity contribution is 7.14. The number of aromatic nitrogens is 1. The monoisotopic (exact) mass is 406 g/mol. The number of rotatable bonds is 3. The molecule has 2 aromatic carbocycles. The van der Waals surface area contributed by atoms with E-state index in [1.54, 1.807) is 12.1 Å². The lowest BCUT2D eigenvalue weighted by molar-refractivity contribution is 0.0697. The fourth-order valence-electron chi connectivity index (χ4n) is 2.56. The summed E-state index contributed by atoms with van der Waals surface area (Å²) in [4.78, 5) is 23.7. The maximum absolute atomic E-state index is 12.5. The third-order valence-corrected chi connectivity index (χ3v) is 5.42. The van der Waals surface area contributed by atoms with Gasteiger partial charge < -0.3 is 14.8 Å². The summed E-state index contributed by atoms with van der Waals surface area (Å²) < 4.78 is 10.1. The molecule has 0 aliphatic rings. The molecule has 4 aromatic rings. The Bertz CT molecular complexity index is 1170. The number of furan rings is 1. The average molecular weight is 407 g/mol. The Labute approximate surface area is 160 Å². The van der Waals surface area contributed by atoms with E-state index in [-0.39, 0.29) is 27.2 Å². The van der Waals surface area contributed by atoms with Gasteiger partial charge in [0, 0.05) is 10.8 Å². The highest BCUT2D eigenvalue weighted by Gasteiger charge is 2.22. The Balaban J connectivity index is 1.73. The van der Waals surface area contributed by atoms with E-state index in [4.69, 9.17) is 27.6 Å². The van der Waals surface area contributed by atoms with Crippen molar-refractivity contribution in [1.29, 1.82) is 0 Å². The lowest BCUT2D eigenvalue weighted by Crippen LogP contribution is -2.11. The number of hydrogen-bond donors (Lipinski definition) is 2. The molecule has 0 unspecified atom stereocenters. The van der Waals surface area contributed by atoms with E-state index in [1.807, 2.05) is 18.2 Å². The second-order valence-corrected chi connectivity index (χ2v) is 6.92. The first kappa shape index (κ1) is 16.8. The number of para-hydroxylation sites is 1. The molecule has 4 rings (SSSR count). The number of carbonyl (C=O) groups is 2. The Morgan fingerprint density at radius 2 is 1.96 bits per heavy atom. The normalized spacial score (nSPS) is 11.2. The fraction of sp³-hybridized carbons (Fsp3) is 0. The molecule has 9 heteroatoms. The van der Waals surface area contributed by atoms with E-state index >= 15 is 0 Å². The van der Waals surface area contributed by atoms with Gasteiger partial charge in [-0.25, -0.2) is 4.79 Å². The van der Waals surface area contributed by atoms with Crippen LogP contribution in [-0.2, 0) is 0 Å². The van der Waals surface area contributed by atoms with Crippen LogP contribution in [0.5, 0.6) is 0 Å². The molecule has 2 aromatic heterocycles. The summed E-state index contributed by atoms with van der Waals surface area (Å²) in [6.45, 7) is 0. The Morgan fingerprint density at radius 1 is 1.19 bits per heavy atom. The summed E-state index contributed by atoms with van der Waals surface area (Å²) in [5, 5.41) is 13.1. The van der Waals surface area contributed by atoms with Crippen LogP contribution in [0.3, 0.4) is 0 Å². The average Bonchev–Trinajstić information content (AvgIpc) is 3.19. The van der Waals surface area contributed by atoms with Crippen LogP contribution in [0.1, 0.15) is 20.9 Å². The van der Waals surface area contributed by atoms with Crippen molar-refractivity contribution in [3.63, 3.8) is 0 Å². The Hall–Kier alpha value is -2.61. The molecule has 2 heterocycles. The van der Waals surface area contributed by atoms with Crippen LogP contribution in [0.4, 0.5) is 5.82 Å². The van der Waals surface area contributed by atoms with Crippen LogP contribution in [0.15, 0.2) is 40.8 Å². The van der Waals surface area contributed by atoms with Gasteiger partial charge in [0.2, 0.25) is 0 Å². The van der Waals surface area contributed by atoms with Crippen molar-refractivity contribution < 1.29 is 19.1 Å². The number of nitrogens with zero attached hydrogens (tertiary/aromatic N) is 1. The minimum atomic E-state index is -1.23. The molecule has 0 radical (unpaired) electrons. The number of aromatic carboxylic acids is 1. The fourth-order valence-corrected chi connectivity index (χ4v) is 4.04. The summed E-state index contributed by atoms with van der Waals surface area (Å²) in [6, 6.07) is 10.3. The number of fused-ring (bicyclic) bond motifs is 2. The molecular formula is C17H8Cl2N2O4S. The van der Waals surface area contributed by atoms with Crippen molar-refractivity contribution in [2.45, 2.75) is 0 Å². The van der Waals surface area contributed by atoms with Gasteiger partial charge in [0.25, 0.3) is 5.91 Å². The maximum atomic E-state index is 12.5. The molecule has 0 saturated heterocycles. The number of amides is 1. The van der Waals surface area contributed by atoms with Crippen molar-refractivity contribution in [3.05, 3.63) is 57.8 Å². The van der Waals surface area contributed by atoms with Gasteiger partial charge in [-0.15, -0.1) is 0 Å². The second kappa shape index (κ2) is 6.28. The van der Waals surface area contributed by atoms with E-state index in [1.165, 1.54) is 6.07 Å². The van der Waals surface area contributed by atoms with Crippen LogP contribution in [0, 0.1) is 0 Å². The van der Waals surface area contributed by atoms with Gasteiger partial charge in [-0.3, -0.25) is 4.79 Å². The SMILES string of the molecule is O=C(Nc1nsc2c(Cl)c(C(=O)O)c(Cl)cc12)c1cc2ccccc2o1. The summed E-state index contributed by atoms with van der Waals surface area (Å²) in [5.41, 5.74) is 0.401. The van der Waals surface area contributed by atoms with E-state index in [0.717, 1.165) is 16.9 Å². The van der Waals surface area contributed by atoms with Crippen molar-refractivity contribution in [2.24, 2.45) is 0 Å².